The van der Waals surface area contributed by atoms with Gasteiger partial charge in [0.2, 0.25) is 5.95 Å². The molecule has 0 bridgehead atoms. The van der Waals surface area contributed by atoms with E-state index in [1.54, 1.807) is 0 Å². The number of nitrogen functional groups attached to an aromatic ring is 1. The van der Waals surface area contributed by atoms with Crippen LogP contribution in [0.4, 0.5) is 5.95 Å². The van der Waals surface area contributed by atoms with Gasteiger partial charge in [-0.2, -0.15) is 0 Å². The molecule has 0 radical (unpaired) electrons. The number of fused-ring (bicyclic) bond motifs is 1. The van der Waals surface area contributed by atoms with Gasteiger partial charge in [0.1, 0.15) is 5.52 Å². The number of imidazole rings is 1. The van der Waals surface area contributed by atoms with Crippen molar-refractivity contribution in [3.8, 4) is 5.69 Å². The van der Waals surface area contributed by atoms with Gasteiger partial charge in [0.05, 0.1) is 5.69 Å². The molecule has 2 aromatic heterocycles. The summed E-state index contributed by atoms with van der Waals surface area (Å²) in [6.45, 7) is 1.99. The standard InChI is InChI=1S/C13H11BrN4/c1-8-6-11-12(16-7-8)18(13(15)17-11)10-4-2-9(14)3-5-10/h2-7H,1H3,(H2,15,17). The van der Waals surface area contributed by atoms with Crippen molar-refractivity contribution in [3.05, 3.63) is 46.6 Å². The highest BCUT2D eigenvalue weighted by Gasteiger charge is 2.10. The number of aryl methyl sites for hydroxylation is 1. The van der Waals surface area contributed by atoms with Gasteiger partial charge in [-0.25, -0.2) is 9.97 Å². The summed E-state index contributed by atoms with van der Waals surface area (Å²) in [5.74, 6) is 0.449. The quantitative estimate of drug-likeness (QED) is 0.751. The number of rotatable bonds is 1. The molecule has 0 aliphatic heterocycles. The maximum absolute atomic E-state index is 5.97. The molecule has 0 aliphatic carbocycles. The fourth-order valence-electron chi connectivity index (χ4n) is 1.93. The van der Waals surface area contributed by atoms with Crippen LogP contribution < -0.4 is 5.73 Å². The summed E-state index contributed by atoms with van der Waals surface area (Å²) >= 11 is 3.41. The van der Waals surface area contributed by atoms with Gasteiger partial charge in [0, 0.05) is 10.7 Å². The van der Waals surface area contributed by atoms with E-state index in [-0.39, 0.29) is 0 Å². The van der Waals surface area contributed by atoms with Gasteiger partial charge in [0.25, 0.3) is 0 Å². The summed E-state index contributed by atoms with van der Waals surface area (Å²) in [4.78, 5) is 8.75. The Morgan fingerprint density at radius 1 is 1.22 bits per heavy atom. The Hall–Kier alpha value is -1.88. The molecular formula is C13H11BrN4. The molecule has 1 aromatic carbocycles. The van der Waals surface area contributed by atoms with Crippen LogP contribution in [0, 0.1) is 6.92 Å². The number of halogens is 1. The van der Waals surface area contributed by atoms with Crippen LogP contribution >= 0.6 is 15.9 Å². The van der Waals surface area contributed by atoms with Crippen molar-refractivity contribution in [2.75, 3.05) is 5.73 Å². The number of nitrogens with two attached hydrogens (primary N) is 1. The minimum absolute atomic E-state index is 0.449. The monoisotopic (exact) mass is 302 g/mol. The maximum Gasteiger partial charge on any atom is 0.207 e. The average molecular weight is 303 g/mol. The van der Waals surface area contributed by atoms with Crippen LogP contribution in [0.2, 0.25) is 0 Å². The van der Waals surface area contributed by atoms with Crippen LogP contribution in [-0.2, 0) is 0 Å². The molecule has 0 amide bonds. The molecule has 3 aromatic rings. The topological polar surface area (TPSA) is 56.7 Å². The van der Waals surface area contributed by atoms with Gasteiger partial charge in [-0.1, -0.05) is 15.9 Å². The Labute approximate surface area is 113 Å². The van der Waals surface area contributed by atoms with E-state index >= 15 is 0 Å². The zero-order chi connectivity index (χ0) is 12.7. The lowest BCUT2D eigenvalue weighted by Gasteiger charge is -2.05. The Balaban J connectivity index is 2.28. The highest BCUT2D eigenvalue weighted by atomic mass is 79.9. The molecule has 0 saturated carbocycles. The van der Waals surface area contributed by atoms with Gasteiger partial charge in [-0.15, -0.1) is 0 Å². The third-order valence-corrected chi connectivity index (χ3v) is 3.27. The first-order valence-corrected chi connectivity index (χ1v) is 6.31. The maximum atomic E-state index is 5.97. The fourth-order valence-corrected chi connectivity index (χ4v) is 2.19. The van der Waals surface area contributed by atoms with E-state index in [0.29, 0.717) is 5.95 Å². The van der Waals surface area contributed by atoms with Gasteiger partial charge in [-0.05, 0) is 42.8 Å². The number of aromatic nitrogens is 3. The predicted octanol–water partition coefficient (Wildman–Crippen LogP) is 3.07. The predicted molar refractivity (Wildman–Crippen MR) is 75.7 cm³/mol. The van der Waals surface area contributed by atoms with Crippen LogP contribution in [-0.4, -0.2) is 14.5 Å². The van der Waals surface area contributed by atoms with Crippen LogP contribution in [0.15, 0.2) is 41.0 Å². The van der Waals surface area contributed by atoms with E-state index in [1.807, 2.05) is 48.0 Å². The first kappa shape index (κ1) is 11.2. The number of hydrogen-bond acceptors (Lipinski definition) is 3. The van der Waals surface area contributed by atoms with E-state index in [1.165, 1.54) is 0 Å². The molecule has 5 heteroatoms. The second-order valence-corrected chi connectivity index (χ2v) is 5.05. The molecule has 0 saturated heterocycles. The highest BCUT2D eigenvalue weighted by Crippen LogP contribution is 2.23. The second kappa shape index (κ2) is 4.10. The van der Waals surface area contributed by atoms with E-state index in [4.69, 9.17) is 5.73 Å². The molecule has 0 fully saturated rings. The lowest BCUT2D eigenvalue weighted by Crippen LogP contribution is -2.01. The van der Waals surface area contributed by atoms with Crippen molar-refractivity contribution in [3.63, 3.8) is 0 Å². The summed E-state index contributed by atoms with van der Waals surface area (Å²) in [7, 11) is 0. The molecule has 2 heterocycles. The molecule has 2 N–H and O–H groups in total. The molecule has 0 unspecified atom stereocenters. The van der Waals surface area contributed by atoms with E-state index < -0.39 is 0 Å². The molecule has 90 valence electrons. The number of pyridine rings is 1. The second-order valence-electron chi connectivity index (χ2n) is 4.14. The van der Waals surface area contributed by atoms with Crippen LogP contribution in [0.5, 0.6) is 0 Å². The Morgan fingerprint density at radius 3 is 2.67 bits per heavy atom. The molecule has 4 nitrogen and oxygen atoms in total. The lowest BCUT2D eigenvalue weighted by atomic mass is 10.3. The Kier molecular flexibility index (Phi) is 2.56. The van der Waals surface area contributed by atoms with Crippen LogP contribution in [0.25, 0.3) is 16.9 Å². The summed E-state index contributed by atoms with van der Waals surface area (Å²) in [6, 6.07) is 9.86. The third kappa shape index (κ3) is 1.76. The van der Waals surface area contributed by atoms with Crippen molar-refractivity contribution in [1.82, 2.24) is 14.5 Å². The van der Waals surface area contributed by atoms with Crippen molar-refractivity contribution in [1.29, 1.82) is 0 Å². The highest BCUT2D eigenvalue weighted by molar-refractivity contribution is 9.10. The molecule has 0 spiro atoms. The van der Waals surface area contributed by atoms with Gasteiger partial charge < -0.3 is 5.73 Å². The zero-order valence-electron chi connectivity index (χ0n) is 9.76. The summed E-state index contributed by atoms with van der Waals surface area (Å²) in [6.07, 6.45) is 1.82. The molecule has 0 atom stereocenters. The van der Waals surface area contributed by atoms with Gasteiger partial charge in [0.15, 0.2) is 5.65 Å². The Bertz CT molecular complexity index is 716. The number of nitrogens with zero attached hydrogens (tertiary/aromatic N) is 3. The lowest BCUT2D eigenvalue weighted by molar-refractivity contribution is 1.08. The van der Waals surface area contributed by atoms with E-state index in [9.17, 15) is 0 Å². The minimum Gasteiger partial charge on any atom is -0.369 e. The van der Waals surface area contributed by atoms with Crippen molar-refractivity contribution in [2.24, 2.45) is 0 Å². The Morgan fingerprint density at radius 2 is 1.94 bits per heavy atom. The van der Waals surface area contributed by atoms with Crippen LogP contribution in [0.1, 0.15) is 5.56 Å². The summed E-state index contributed by atoms with van der Waals surface area (Å²) < 4.78 is 2.87. The molecule has 18 heavy (non-hydrogen) atoms. The van der Waals surface area contributed by atoms with Gasteiger partial charge >= 0.3 is 0 Å². The normalized spacial score (nSPS) is 11.0. The molecule has 0 aliphatic rings. The third-order valence-electron chi connectivity index (χ3n) is 2.74. The SMILES string of the molecule is Cc1cnc2c(c1)nc(N)n2-c1ccc(Br)cc1. The van der Waals surface area contributed by atoms with Gasteiger partial charge in [-0.3, -0.25) is 4.57 Å². The minimum atomic E-state index is 0.449. The van der Waals surface area contributed by atoms with Crippen molar-refractivity contribution in [2.45, 2.75) is 6.92 Å². The van der Waals surface area contributed by atoms with Crippen molar-refractivity contribution < 1.29 is 0 Å². The zero-order valence-corrected chi connectivity index (χ0v) is 11.3. The average Bonchev–Trinajstić information content (AvgIpc) is 2.65. The summed E-state index contributed by atoms with van der Waals surface area (Å²) in [5, 5.41) is 0. The number of anilines is 1. The first-order chi connectivity index (χ1) is 8.65. The number of benzene rings is 1. The smallest absolute Gasteiger partial charge is 0.207 e. The first-order valence-electron chi connectivity index (χ1n) is 5.51. The van der Waals surface area contributed by atoms with Crippen LogP contribution in [0.3, 0.4) is 0 Å². The molecular weight excluding hydrogens is 292 g/mol. The van der Waals surface area contributed by atoms with E-state index in [2.05, 4.69) is 25.9 Å². The summed E-state index contributed by atoms with van der Waals surface area (Å²) in [5.41, 5.74) is 9.59. The van der Waals surface area contributed by atoms with E-state index in [0.717, 1.165) is 26.9 Å². The fraction of sp³-hybridized carbons (Fsp3) is 0.0769. The molecule has 3 rings (SSSR count). The van der Waals surface area contributed by atoms with Crippen molar-refractivity contribution >= 4 is 33.0 Å². The number of hydrogen-bond donors (Lipinski definition) is 1. The largest absolute Gasteiger partial charge is 0.369 e.